The maximum Gasteiger partial charge on any atom is 0.261 e. The van der Waals surface area contributed by atoms with E-state index >= 15 is 0 Å². The number of amides is 3. The van der Waals surface area contributed by atoms with E-state index in [1.54, 1.807) is 49.6 Å². The largest absolute Gasteiger partial charge is 0.493 e. The van der Waals surface area contributed by atoms with Crippen molar-refractivity contribution < 1.29 is 28.6 Å². The zero-order valence-electron chi connectivity index (χ0n) is 20.3. The maximum atomic E-state index is 13.1. The fourth-order valence-corrected chi connectivity index (χ4v) is 3.97. The molecule has 0 atom stereocenters. The first-order chi connectivity index (χ1) is 17.5. The lowest BCUT2D eigenvalue weighted by atomic mass is 10.1. The van der Waals surface area contributed by atoms with Crippen molar-refractivity contribution in [1.82, 2.24) is 10.2 Å². The molecule has 1 N–H and O–H groups in total. The van der Waals surface area contributed by atoms with Gasteiger partial charge in [-0.15, -0.1) is 0 Å². The molecule has 4 rings (SSSR count). The summed E-state index contributed by atoms with van der Waals surface area (Å²) >= 11 is 0. The average molecular weight is 489 g/mol. The molecule has 1 aliphatic rings. The van der Waals surface area contributed by atoms with Gasteiger partial charge in [-0.1, -0.05) is 30.3 Å². The number of nitrogens with one attached hydrogen (secondary N) is 1. The average Bonchev–Trinajstić information content (AvgIpc) is 3.13. The SMILES string of the molecule is CCOc1ccc(CN2C(=O)c3ccccc3C2=O)cc1C(=O)NCc1cccc(OCCOC)c1. The molecule has 0 radical (unpaired) electrons. The number of hydrogen-bond acceptors (Lipinski definition) is 6. The number of hydrogen-bond donors (Lipinski definition) is 1. The summed E-state index contributed by atoms with van der Waals surface area (Å²) in [7, 11) is 1.61. The lowest BCUT2D eigenvalue weighted by Crippen LogP contribution is -2.29. The summed E-state index contributed by atoms with van der Waals surface area (Å²) in [6, 6.07) is 19.3. The zero-order valence-corrected chi connectivity index (χ0v) is 20.3. The molecule has 0 aliphatic carbocycles. The van der Waals surface area contributed by atoms with Gasteiger partial charge < -0.3 is 19.5 Å². The Hall–Kier alpha value is -4.17. The highest BCUT2D eigenvalue weighted by molar-refractivity contribution is 6.21. The van der Waals surface area contributed by atoms with Crippen molar-refractivity contribution in [3.63, 3.8) is 0 Å². The summed E-state index contributed by atoms with van der Waals surface area (Å²) in [5.74, 6) is 0.106. The molecule has 3 aromatic carbocycles. The second-order valence-electron chi connectivity index (χ2n) is 8.18. The number of carbonyl (C=O) groups excluding carboxylic acids is 3. The molecule has 0 saturated heterocycles. The minimum Gasteiger partial charge on any atom is -0.493 e. The van der Waals surface area contributed by atoms with E-state index in [4.69, 9.17) is 14.2 Å². The van der Waals surface area contributed by atoms with Crippen LogP contribution in [0.5, 0.6) is 11.5 Å². The van der Waals surface area contributed by atoms with E-state index in [0.29, 0.717) is 53.6 Å². The van der Waals surface area contributed by atoms with Crippen LogP contribution in [0, 0.1) is 0 Å². The molecule has 0 bridgehead atoms. The summed E-state index contributed by atoms with van der Waals surface area (Å²) in [5.41, 5.74) is 2.63. The van der Waals surface area contributed by atoms with Gasteiger partial charge in [-0.2, -0.15) is 0 Å². The first-order valence-corrected chi connectivity index (χ1v) is 11.7. The molecule has 0 aromatic heterocycles. The molecule has 1 heterocycles. The maximum absolute atomic E-state index is 13.1. The van der Waals surface area contributed by atoms with E-state index < -0.39 is 0 Å². The van der Waals surface area contributed by atoms with Crippen molar-refractivity contribution >= 4 is 17.7 Å². The van der Waals surface area contributed by atoms with Crippen molar-refractivity contribution in [3.8, 4) is 11.5 Å². The number of rotatable bonds is 11. The first-order valence-electron chi connectivity index (χ1n) is 11.7. The molecule has 8 nitrogen and oxygen atoms in total. The smallest absolute Gasteiger partial charge is 0.261 e. The predicted molar refractivity (Wildman–Crippen MR) is 133 cm³/mol. The van der Waals surface area contributed by atoms with E-state index in [-0.39, 0.29) is 30.8 Å². The van der Waals surface area contributed by atoms with Crippen molar-refractivity contribution in [2.75, 3.05) is 26.9 Å². The number of methoxy groups -OCH3 is 1. The predicted octanol–water partition coefficient (Wildman–Crippen LogP) is 3.84. The topological polar surface area (TPSA) is 94.2 Å². The Kier molecular flexibility index (Phi) is 7.97. The van der Waals surface area contributed by atoms with Gasteiger partial charge in [0.25, 0.3) is 17.7 Å². The van der Waals surface area contributed by atoms with Crippen LogP contribution in [-0.2, 0) is 17.8 Å². The molecule has 186 valence electrons. The van der Waals surface area contributed by atoms with Gasteiger partial charge in [-0.25, -0.2) is 0 Å². The third-order valence-electron chi connectivity index (χ3n) is 5.72. The third-order valence-corrected chi connectivity index (χ3v) is 5.72. The van der Waals surface area contributed by atoms with Crippen LogP contribution in [0.3, 0.4) is 0 Å². The first kappa shape index (κ1) is 24.9. The molecule has 36 heavy (non-hydrogen) atoms. The van der Waals surface area contributed by atoms with Gasteiger partial charge in [0, 0.05) is 13.7 Å². The quantitative estimate of drug-likeness (QED) is 0.326. The second-order valence-corrected chi connectivity index (χ2v) is 8.18. The highest BCUT2D eigenvalue weighted by Crippen LogP contribution is 2.26. The number of imide groups is 1. The van der Waals surface area contributed by atoms with E-state index in [1.165, 1.54) is 4.90 Å². The van der Waals surface area contributed by atoms with Crippen LogP contribution in [-0.4, -0.2) is 49.6 Å². The molecule has 8 heteroatoms. The highest BCUT2D eigenvalue weighted by Gasteiger charge is 2.35. The van der Waals surface area contributed by atoms with E-state index in [1.807, 2.05) is 31.2 Å². The molecule has 0 fully saturated rings. The molecule has 3 aromatic rings. The minimum atomic E-state index is -0.344. The Balaban J connectivity index is 1.47. The lowest BCUT2D eigenvalue weighted by Gasteiger charge is -2.16. The molecule has 0 unspecified atom stereocenters. The van der Waals surface area contributed by atoms with Gasteiger partial charge in [0.15, 0.2) is 0 Å². The summed E-state index contributed by atoms with van der Waals surface area (Å²) in [6.45, 7) is 3.49. The van der Waals surface area contributed by atoms with Gasteiger partial charge >= 0.3 is 0 Å². The van der Waals surface area contributed by atoms with Gasteiger partial charge in [-0.3, -0.25) is 19.3 Å². The van der Waals surface area contributed by atoms with Crippen LogP contribution in [0.15, 0.2) is 66.7 Å². The second kappa shape index (κ2) is 11.5. The lowest BCUT2D eigenvalue weighted by molar-refractivity contribution is 0.0642. The van der Waals surface area contributed by atoms with E-state index in [9.17, 15) is 14.4 Å². The number of nitrogens with zero attached hydrogens (tertiary/aromatic N) is 1. The summed E-state index contributed by atoms with van der Waals surface area (Å²) in [4.78, 5) is 39.8. The van der Waals surface area contributed by atoms with Crippen LogP contribution in [0.2, 0.25) is 0 Å². The van der Waals surface area contributed by atoms with Crippen LogP contribution in [0.1, 0.15) is 49.1 Å². The van der Waals surface area contributed by atoms with Gasteiger partial charge in [-0.05, 0) is 54.4 Å². The normalized spacial score (nSPS) is 12.4. The van der Waals surface area contributed by atoms with Gasteiger partial charge in [0.2, 0.25) is 0 Å². The highest BCUT2D eigenvalue weighted by atomic mass is 16.5. The molecule has 1 aliphatic heterocycles. The van der Waals surface area contributed by atoms with Crippen molar-refractivity contribution in [2.45, 2.75) is 20.0 Å². The molecular weight excluding hydrogens is 460 g/mol. The number of carbonyl (C=O) groups is 3. The van der Waals surface area contributed by atoms with E-state index in [0.717, 1.165) is 5.56 Å². The van der Waals surface area contributed by atoms with Crippen LogP contribution < -0.4 is 14.8 Å². The number of ether oxygens (including phenoxy) is 3. The molecular formula is C28H28N2O6. The molecule has 3 amide bonds. The summed E-state index contributed by atoms with van der Waals surface area (Å²) in [6.07, 6.45) is 0. The van der Waals surface area contributed by atoms with Crippen molar-refractivity contribution in [3.05, 3.63) is 94.5 Å². The summed E-state index contributed by atoms with van der Waals surface area (Å²) < 4.78 is 16.3. The molecule has 0 spiro atoms. The standard InChI is InChI=1S/C28H28N2O6/c1-3-35-25-12-11-20(18-30-27(32)22-9-4-5-10-23(22)28(30)33)16-24(25)26(31)29-17-19-7-6-8-21(15-19)36-14-13-34-2/h4-12,15-16H,3,13-14,17-18H2,1-2H3,(H,29,31). The Morgan fingerprint density at radius 3 is 2.31 bits per heavy atom. The van der Waals surface area contributed by atoms with Crippen LogP contribution in [0.25, 0.3) is 0 Å². The Labute approximate surface area is 209 Å². The number of benzene rings is 3. The number of fused-ring (bicyclic) bond motifs is 1. The minimum absolute atomic E-state index is 0.0554. The Bertz CT molecular complexity index is 1240. The third kappa shape index (κ3) is 5.55. The van der Waals surface area contributed by atoms with Gasteiger partial charge in [0.05, 0.1) is 36.4 Å². The van der Waals surface area contributed by atoms with Crippen molar-refractivity contribution in [2.24, 2.45) is 0 Å². The fourth-order valence-electron chi connectivity index (χ4n) is 3.97. The Morgan fingerprint density at radius 1 is 0.861 bits per heavy atom. The zero-order chi connectivity index (χ0) is 25.5. The summed E-state index contributed by atoms with van der Waals surface area (Å²) in [5, 5.41) is 2.91. The van der Waals surface area contributed by atoms with Gasteiger partial charge in [0.1, 0.15) is 18.1 Å². The fraction of sp³-hybridized carbons (Fsp3) is 0.250. The molecule has 0 saturated carbocycles. The Morgan fingerprint density at radius 2 is 1.61 bits per heavy atom. The van der Waals surface area contributed by atoms with Crippen LogP contribution >= 0.6 is 0 Å². The monoisotopic (exact) mass is 488 g/mol. The van der Waals surface area contributed by atoms with E-state index in [2.05, 4.69) is 5.32 Å². The van der Waals surface area contributed by atoms with Crippen LogP contribution in [0.4, 0.5) is 0 Å². The van der Waals surface area contributed by atoms with Crippen molar-refractivity contribution in [1.29, 1.82) is 0 Å².